The Morgan fingerprint density at radius 2 is 1.46 bits per heavy atom. The molecule has 118 valence electrons. The van der Waals surface area contributed by atoms with Gasteiger partial charge in [-0.3, -0.25) is 4.98 Å². The van der Waals surface area contributed by atoms with Crippen LogP contribution >= 0.6 is 11.6 Å². The van der Waals surface area contributed by atoms with E-state index in [0.29, 0.717) is 16.3 Å². The van der Waals surface area contributed by atoms with Crippen molar-refractivity contribution in [3.05, 3.63) is 101 Å². The van der Waals surface area contributed by atoms with Gasteiger partial charge in [-0.05, 0) is 36.4 Å². The Kier molecular flexibility index (Phi) is 4.99. The molecule has 0 aliphatic rings. The SMILES string of the molecule is O=C(O/N=C(\c1ccncc1)c1ccc(Cl)cc1)c1ccccc1. The summed E-state index contributed by atoms with van der Waals surface area (Å²) in [6, 6.07) is 19.4. The zero-order valence-corrected chi connectivity index (χ0v) is 13.4. The lowest BCUT2D eigenvalue weighted by Crippen LogP contribution is -2.08. The Balaban J connectivity index is 1.93. The second-order valence-electron chi connectivity index (χ2n) is 4.93. The molecule has 0 atom stereocenters. The Bertz CT molecular complexity index is 848. The van der Waals surface area contributed by atoms with Crippen LogP contribution in [-0.2, 0) is 4.84 Å². The molecule has 0 radical (unpaired) electrons. The largest absolute Gasteiger partial charge is 0.365 e. The van der Waals surface area contributed by atoms with Crippen LogP contribution in [0.3, 0.4) is 0 Å². The van der Waals surface area contributed by atoms with Crippen molar-refractivity contribution in [2.45, 2.75) is 0 Å². The summed E-state index contributed by atoms with van der Waals surface area (Å²) in [5.41, 5.74) is 2.53. The highest BCUT2D eigenvalue weighted by Gasteiger charge is 2.11. The first-order chi connectivity index (χ1) is 11.7. The number of carbonyl (C=O) groups is 1. The number of rotatable bonds is 4. The van der Waals surface area contributed by atoms with Crippen molar-refractivity contribution in [3.63, 3.8) is 0 Å². The summed E-state index contributed by atoms with van der Waals surface area (Å²) in [6.45, 7) is 0. The smallest absolute Gasteiger partial charge is 0.312 e. The normalized spacial score (nSPS) is 11.1. The average molecular weight is 337 g/mol. The van der Waals surface area contributed by atoms with Gasteiger partial charge in [-0.15, -0.1) is 0 Å². The second kappa shape index (κ2) is 7.53. The van der Waals surface area contributed by atoms with Gasteiger partial charge < -0.3 is 4.84 Å². The van der Waals surface area contributed by atoms with Crippen LogP contribution in [0.15, 0.2) is 84.3 Å². The van der Waals surface area contributed by atoms with Crippen molar-refractivity contribution in [1.29, 1.82) is 0 Å². The molecule has 24 heavy (non-hydrogen) atoms. The molecule has 5 heteroatoms. The Labute approximate surface area is 144 Å². The van der Waals surface area contributed by atoms with Gasteiger partial charge in [0.2, 0.25) is 0 Å². The first-order valence-corrected chi connectivity index (χ1v) is 7.62. The summed E-state index contributed by atoms with van der Waals surface area (Å²) < 4.78 is 0. The van der Waals surface area contributed by atoms with E-state index in [-0.39, 0.29) is 0 Å². The molecule has 0 fully saturated rings. The molecule has 4 nitrogen and oxygen atoms in total. The van der Waals surface area contributed by atoms with E-state index in [4.69, 9.17) is 16.4 Å². The highest BCUT2D eigenvalue weighted by molar-refractivity contribution is 6.30. The van der Waals surface area contributed by atoms with Crippen LogP contribution in [0.4, 0.5) is 0 Å². The predicted molar refractivity (Wildman–Crippen MR) is 93.2 cm³/mol. The van der Waals surface area contributed by atoms with Gasteiger partial charge in [-0.2, -0.15) is 0 Å². The minimum atomic E-state index is -0.517. The summed E-state index contributed by atoms with van der Waals surface area (Å²) in [4.78, 5) is 21.2. The van der Waals surface area contributed by atoms with Crippen molar-refractivity contribution in [2.24, 2.45) is 5.16 Å². The van der Waals surface area contributed by atoms with Gasteiger partial charge in [0.25, 0.3) is 0 Å². The molecular weight excluding hydrogens is 324 g/mol. The lowest BCUT2D eigenvalue weighted by molar-refractivity contribution is 0.0517. The van der Waals surface area contributed by atoms with Gasteiger partial charge in [0.05, 0.1) is 5.56 Å². The molecule has 0 saturated carbocycles. The van der Waals surface area contributed by atoms with Crippen LogP contribution in [0, 0.1) is 0 Å². The first-order valence-electron chi connectivity index (χ1n) is 7.25. The number of carbonyl (C=O) groups excluding carboxylic acids is 1. The fraction of sp³-hybridized carbons (Fsp3) is 0. The van der Waals surface area contributed by atoms with Gasteiger partial charge in [0.15, 0.2) is 0 Å². The number of benzene rings is 2. The van der Waals surface area contributed by atoms with Crippen molar-refractivity contribution >= 4 is 23.3 Å². The minimum Gasteiger partial charge on any atom is -0.312 e. The summed E-state index contributed by atoms with van der Waals surface area (Å²) in [5.74, 6) is -0.517. The molecule has 0 bridgehead atoms. The number of aromatic nitrogens is 1. The standard InChI is InChI=1S/C19H13ClN2O2/c20-17-8-6-14(7-9-17)18(15-10-12-21-13-11-15)22-24-19(23)16-4-2-1-3-5-16/h1-13H/b22-18-. The second-order valence-corrected chi connectivity index (χ2v) is 5.36. The van der Waals surface area contributed by atoms with Gasteiger partial charge in [-0.1, -0.05) is 47.1 Å². The van der Waals surface area contributed by atoms with Gasteiger partial charge in [0.1, 0.15) is 5.71 Å². The van der Waals surface area contributed by atoms with Crippen LogP contribution in [0.5, 0.6) is 0 Å². The maximum atomic E-state index is 12.1. The van der Waals surface area contributed by atoms with E-state index >= 15 is 0 Å². The predicted octanol–water partition coefficient (Wildman–Crippen LogP) is 4.34. The summed E-state index contributed by atoms with van der Waals surface area (Å²) in [6.07, 6.45) is 3.31. The summed E-state index contributed by atoms with van der Waals surface area (Å²) in [7, 11) is 0. The third kappa shape index (κ3) is 3.86. The number of nitrogens with zero attached hydrogens (tertiary/aromatic N) is 2. The maximum Gasteiger partial charge on any atom is 0.365 e. The van der Waals surface area contributed by atoms with Crippen LogP contribution in [-0.4, -0.2) is 16.7 Å². The van der Waals surface area contributed by atoms with Crippen LogP contribution < -0.4 is 0 Å². The zero-order valence-electron chi connectivity index (χ0n) is 12.6. The zero-order chi connectivity index (χ0) is 16.8. The van der Waals surface area contributed by atoms with Crippen LogP contribution in [0.25, 0.3) is 0 Å². The molecule has 1 aromatic heterocycles. The Morgan fingerprint density at radius 1 is 0.833 bits per heavy atom. The maximum absolute atomic E-state index is 12.1. The number of halogens is 1. The molecule has 0 saturated heterocycles. The Morgan fingerprint density at radius 3 is 2.12 bits per heavy atom. The highest BCUT2D eigenvalue weighted by atomic mass is 35.5. The van der Waals surface area contributed by atoms with Crippen molar-refractivity contribution in [3.8, 4) is 0 Å². The molecule has 0 amide bonds. The van der Waals surface area contributed by atoms with Gasteiger partial charge in [0, 0.05) is 28.5 Å². The molecule has 3 aromatic rings. The quantitative estimate of drug-likeness (QED) is 0.404. The molecule has 3 rings (SSSR count). The van der Waals surface area contributed by atoms with Crippen LogP contribution in [0.1, 0.15) is 21.5 Å². The monoisotopic (exact) mass is 336 g/mol. The van der Waals surface area contributed by atoms with E-state index < -0.39 is 5.97 Å². The molecule has 2 aromatic carbocycles. The van der Waals surface area contributed by atoms with E-state index in [2.05, 4.69) is 10.1 Å². The van der Waals surface area contributed by atoms with Crippen molar-refractivity contribution < 1.29 is 9.63 Å². The van der Waals surface area contributed by atoms with Crippen molar-refractivity contribution in [1.82, 2.24) is 4.98 Å². The molecule has 0 spiro atoms. The molecule has 0 unspecified atom stereocenters. The molecule has 0 aliphatic carbocycles. The third-order valence-corrected chi connectivity index (χ3v) is 3.55. The average Bonchev–Trinajstić information content (AvgIpc) is 2.65. The van der Waals surface area contributed by atoms with Crippen molar-refractivity contribution in [2.75, 3.05) is 0 Å². The minimum absolute atomic E-state index is 0.437. The molecule has 0 aliphatic heterocycles. The fourth-order valence-corrected chi connectivity index (χ4v) is 2.23. The number of oxime groups is 1. The topological polar surface area (TPSA) is 51.5 Å². The van der Waals surface area contributed by atoms with Gasteiger partial charge >= 0.3 is 5.97 Å². The van der Waals surface area contributed by atoms with E-state index in [1.807, 2.05) is 18.2 Å². The fourth-order valence-electron chi connectivity index (χ4n) is 2.10. The number of hydrogen-bond donors (Lipinski definition) is 0. The molecule has 0 N–H and O–H groups in total. The molecular formula is C19H13ClN2O2. The first kappa shape index (κ1) is 15.9. The Hall–Kier alpha value is -2.98. The van der Waals surface area contributed by atoms with E-state index in [9.17, 15) is 4.79 Å². The number of hydrogen-bond acceptors (Lipinski definition) is 4. The summed E-state index contributed by atoms with van der Waals surface area (Å²) >= 11 is 5.93. The van der Waals surface area contributed by atoms with E-state index in [1.165, 1.54) is 0 Å². The summed E-state index contributed by atoms with van der Waals surface area (Å²) in [5, 5.41) is 4.69. The van der Waals surface area contributed by atoms with E-state index in [0.717, 1.165) is 11.1 Å². The lowest BCUT2D eigenvalue weighted by Gasteiger charge is -2.07. The van der Waals surface area contributed by atoms with Crippen LogP contribution in [0.2, 0.25) is 5.02 Å². The van der Waals surface area contributed by atoms with Gasteiger partial charge in [-0.25, -0.2) is 4.79 Å². The lowest BCUT2D eigenvalue weighted by atomic mass is 10.0. The highest BCUT2D eigenvalue weighted by Crippen LogP contribution is 2.15. The number of pyridine rings is 1. The molecule has 1 heterocycles. The third-order valence-electron chi connectivity index (χ3n) is 3.30. The van der Waals surface area contributed by atoms with E-state index in [1.54, 1.807) is 60.9 Å².